The third kappa shape index (κ3) is 4.28. The highest BCUT2D eigenvalue weighted by molar-refractivity contribution is 5.85. The summed E-state index contributed by atoms with van der Waals surface area (Å²) in [5.41, 5.74) is 5.70. The van der Waals surface area contributed by atoms with Gasteiger partial charge in [0.25, 0.3) is 0 Å². The number of nitrogens with one attached hydrogen (secondary N) is 1. The van der Waals surface area contributed by atoms with Crippen molar-refractivity contribution in [1.82, 2.24) is 5.32 Å². The average Bonchev–Trinajstić information content (AvgIpc) is 2.65. The summed E-state index contributed by atoms with van der Waals surface area (Å²) < 4.78 is 4.97. The van der Waals surface area contributed by atoms with Crippen LogP contribution in [0.25, 0.3) is 0 Å². The van der Waals surface area contributed by atoms with Crippen LogP contribution >= 0.6 is 12.4 Å². The van der Waals surface area contributed by atoms with Crippen molar-refractivity contribution in [2.45, 2.75) is 38.7 Å². The van der Waals surface area contributed by atoms with Gasteiger partial charge in [0.2, 0.25) is 5.91 Å². The van der Waals surface area contributed by atoms with Gasteiger partial charge in [0.05, 0.1) is 0 Å². The van der Waals surface area contributed by atoms with Crippen molar-refractivity contribution in [2.75, 3.05) is 20.2 Å². The van der Waals surface area contributed by atoms with E-state index in [-0.39, 0.29) is 30.3 Å². The Morgan fingerprint density at radius 3 is 2.50 bits per heavy atom. The maximum absolute atomic E-state index is 11.6. The standard InChI is InChI=1S/C11H22N2O2.ClH/c1-11(5-3-4-6-11)8-13-10(14)9(7-12)15-2;/h9H,3-8,12H2,1-2H3,(H,13,14);1H. The molecule has 0 aliphatic heterocycles. The van der Waals surface area contributed by atoms with Crippen molar-refractivity contribution in [1.29, 1.82) is 0 Å². The number of hydrogen-bond donors (Lipinski definition) is 2. The van der Waals surface area contributed by atoms with Crippen molar-refractivity contribution < 1.29 is 9.53 Å². The average molecular weight is 251 g/mol. The van der Waals surface area contributed by atoms with Gasteiger partial charge in [0, 0.05) is 20.2 Å². The van der Waals surface area contributed by atoms with Gasteiger partial charge in [-0.25, -0.2) is 0 Å². The molecular formula is C11H23ClN2O2. The summed E-state index contributed by atoms with van der Waals surface area (Å²) in [5.74, 6) is -0.0897. The van der Waals surface area contributed by atoms with Gasteiger partial charge in [-0.2, -0.15) is 0 Å². The van der Waals surface area contributed by atoms with Crippen LogP contribution in [0.5, 0.6) is 0 Å². The maximum Gasteiger partial charge on any atom is 0.250 e. The third-order valence-corrected chi connectivity index (χ3v) is 3.29. The molecule has 0 aromatic rings. The van der Waals surface area contributed by atoms with Crippen molar-refractivity contribution in [3.8, 4) is 0 Å². The van der Waals surface area contributed by atoms with Crippen LogP contribution in [0.3, 0.4) is 0 Å². The second-order valence-electron chi connectivity index (χ2n) is 4.70. The number of halogens is 1. The van der Waals surface area contributed by atoms with Crippen LogP contribution in [0, 0.1) is 5.41 Å². The van der Waals surface area contributed by atoms with Crippen LogP contribution in [-0.4, -0.2) is 32.2 Å². The summed E-state index contributed by atoms with van der Waals surface area (Å²) in [4.78, 5) is 11.6. The summed E-state index contributed by atoms with van der Waals surface area (Å²) in [6.07, 6.45) is 4.45. The van der Waals surface area contributed by atoms with Crippen molar-refractivity contribution >= 4 is 18.3 Å². The first-order chi connectivity index (χ1) is 7.11. The first-order valence-electron chi connectivity index (χ1n) is 5.62. The molecule has 1 atom stereocenters. The molecule has 0 spiro atoms. The Kier molecular flexibility index (Phi) is 6.95. The van der Waals surface area contributed by atoms with E-state index in [9.17, 15) is 4.79 Å². The minimum Gasteiger partial charge on any atom is -0.370 e. The molecule has 1 rings (SSSR count). The van der Waals surface area contributed by atoms with Crippen LogP contribution < -0.4 is 11.1 Å². The zero-order valence-corrected chi connectivity index (χ0v) is 10.9. The number of carbonyl (C=O) groups excluding carboxylic acids is 1. The first-order valence-corrected chi connectivity index (χ1v) is 5.62. The fraction of sp³-hybridized carbons (Fsp3) is 0.909. The van der Waals surface area contributed by atoms with Gasteiger partial charge in [-0.3, -0.25) is 4.79 Å². The highest BCUT2D eigenvalue weighted by atomic mass is 35.5. The lowest BCUT2D eigenvalue weighted by Crippen LogP contribution is -2.44. The molecule has 5 heteroatoms. The Bertz CT molecular complexity index is 214. The van der Waals surface area contributed by atoms with Crippen LogP contribution in [0.2, 0.25) is 0 Å². The van der Waals surface area contributed by atoms with E-state index >= 15 is 0 Å². The van der Waals surface area contributed by atoms with Crippen LogP contribution in [0.4, 0.5) is 0 Å². The molecule has 3 N–H and O–H groups in total. The Hall–Kier alpha value is -0.320. The Morgan fingerprint density at radius 2 is 2.06 bits per heavy atom. The summed E-state index contributed by atoms with van der Waals surface area (Å²) in [6, 6.07) is 0. The molecule has 0 aromatic carbocycles. The van der Waals surface area contributed by atoms with Crippen molar-refractivity contribution in [3.05, 3.63) is 0 Å². The molecule has 1 aliphatic carbocycles. The molecule has 0 aromatic heterocycles. The molecule has 0 bridgehead atoms. The molecule has 1 aliphatic rings. The Morgan fingerprint density at radius 1 is 1.50 bits per heavy atom. The molecule has 4 nitrogen and oxygen atoms in total. The van der Waals surface area contributed by atoms with E-state index in [1.807, 2.05) is 0 Å². The van der Waals surface area contributed by atoms with Gasteiger partial charge in [-0.15, -0.1) is 12.4 Å². The normalized spacial score (nSPS) is 19.9. The fourth-order valence-electron chi connectivity index (χ4n) is 2.13. The lowest BCUT2D eigenvalue weighted by molar-refractivity contribution is -0.130. The van der Waals surface area contributed by atoms with E-state index in [2.05, 4.69) is 12.2 Å². The van der Waals surface area contributed by atoms with E-state index in [1.54, 1.807) is 0 Å². The van der Waals surface area contributed by atoms with Crippen LogP contribution in [0.15, 0.2) is 0 Å². The molecule has 1 unspecified atom stereocenters. The van der Waals surface area contributed by atoms with Gasteiger partial charge < -0.3 is 15.8 Å². The van der Waals surface area contributed by atoms with Gasteiger partial charge in [-0.1, -0.05) is 19.8 Å². The topological polar surface area (TPSA) is 64.3 Å². The fourth-order valence-corrected chi connectivity index (χ4v) is 2.13. The van der Waals surface area contributed by atoms with Crippen molar-refractivity contribution in [2.24, 2.45) is 11.1 Å². The zero-order valence-electron chi connectivity index (χ0n) is 10.1. The molecule has 0 heterocycles. The summed E-state index contributed by atoms with van der Waals surface area (Å²) in [6.45, 7) is 3.20. The molecule has 96 valence electrons. The molecule has 0 radical (unpaired) electrons. The van der Waals surface area contributed by atoms with Gasteiger partial charge in [-0.05, 0) is 18.3 Å². The van der Waals surface area contributed by atoms with Gasteiger partial charge >= 0.3 is 0 Å². The van der Waals surface area contributed by atoms with E-state index in [0.717, 1.165) is 6.54 Å². The Balaban J connectivity index is 0.00000225. The molecule has 1 saturated carbocycles. The lowest BCUT2D eigenvalue weighted by atomic mass is 9.89. The van der Waals surface area contributed by atoms with E-state index in [1.165, 1.54) is 32.8 Å². The summed E-state index contributed by atoms with van der Waals surface area (Å²) in [5, 5.41) is 2.92. The third-order valence-electron chi connectivity index (χ3n) is 3.29. The van der Waals surface area contributed by atoms with Crippen LogP contribution in [-0.2, 0) is 9.53 Å². The maximum atomic E-state index is 11.6. The highest BCUT2D eigenvalue weighted by Gasteiger charge is 2.29. The quantitative estimate of drug-likeness (QED) is 0.768. The van der Waals surface area contributed by atoms with Crippen molar-refractivity contribution in [3.63, 3.8) is 0 Å². The number of methoxy groups -OCH3 is 1. The number of ether oxygens (including phenoxy) is 1. The molecule has 1 fully saturated rings. The highest BCUT2D eigenvalue weighted by Crippen LogP contribution is 2.36. The zero-order chi connectivity index (χ0) is 11.3. The number of hydrogen-bond acceptors (Lipinski definition) is 3. The van der Waals surface area contributed by atoms with E-state index < -0.39 is 6.10 Å². The monoisotopic (exact) mass is 250 g/mol. The minimum atomic E-state index is -0.505. The predicted molar refractivity (Wildman–Crippen MR) is 66.7 cm³/mol. The van der Waals surface area contributed by atoms with Gasteiger partial charge in [0.1, 0.15) is 6.10 Å². The molecule has 1 amide bonds. The number of nitrogens with two attached hydrogens (primary N) is 1. The molecule has 16 heavy (non-hydrogen) atoms. The van der Waals surface area contributed by atoms with E-state index in [4.69, 9.17) is 10.5 Å². The first kappa shape index (κ1) is 15.7. The second kappa shape index (κ2) is 7.09. The number of carbonyl (C=O) groups is 1. The minimum absolute atomic E-state index is 0. The predicted octanol–water partition coefficient (Wildman–Crippen LogP) is 1.08. The largest absolute Gasteiger partial charge is 0.370 e. The lowest BCUT2D eigenvalue weighted by Gasteiger charge is -2.24. The smallest absolute Gasteiger partial charge is 0.250 e. The second-order valence-corrected chi connectivity index (χ2v) is 4.70. The summed E-state index contributed by atoms with van der Waals surface area (Å²) in [7, 11) is 1.51. The van der Waals surface area contributed by atoms with Crippen LogP contribution in [0.1, 0.15) is 32.6 Å². The summed E-state index contributed by atoms with van der Waals surface area (Å²) >= 11 is 0. The van der Waals surface area contributed by atoms with Gasteiger partial charge in [0.15, 0.2) is 0 Å². The Labute approximate surface area is 104 Å². The molecule has 0 saturated heterocycles. The van der Waals surface area contributed by atoms with E-state index in [0.29, 0.717) is 0 Å². The molecular weight excluding hydrogens is 228 g/mol. The SMILES string of the molecule is COC(CN)C(=O)NCC1(C)CCCC1.Cl. The number of rotatable bonds is 5. The number of amides is 1.